The minimum absolute atomic E-state index is 0.0412. The number of benzene rings is 1. The van der Waals surface area contributed by atoms with Crippen molar-refractivity contribution in [1.82, 2.24) is 9.62 Å². The van der Waals surface area contributed by atoms with Crippen LogP contribution in [0.5, 0.6) is 5.75 Å². The first-order valence-electron chi connectivity index (χ1n) is 8.56. The van der Waals surface area contributed by atoms with Crippen LogP contribution < -0.4 is 9.46 Å². The third-order valence-electron chi connectivity index (χ3n) is 4.34. The number of rotatable bonds is 7. The Kier molecular flexibility index (Phi) is 6.27. The normalized spacial score (nSPS) is 15.4. The minimum Gasteiger partial charge on any atom is -0.477 e. The number of ether oxygens (including phenoxy) is 1. The fourth-order valence-electron chi connectivity index (χ4n) is 2.90. The van der Waals surface area contributed by atoms with Crippen molar-refractivity contribution in [1.29, 1.82) is 0 Å². The summed E-state index contributed by atoms with van der Waals surface area (Å²) in [7, 11) is -3.54. The van der Waals surface area contributed by atoms with Crippen molar-refractivity contribution in [2.24, 2.45) is 0 Å². The van der Waals surface area contributed by atoms with Crippen LogP contribution in [0, 0.1) is 10.1 Å². The molecule has 1 aromatic carbocycles. The van der Waals surface area contributed by atoms with Gasteiger partial charge in [0.15, 0.2) is 12.4 Å². The number of carbonyl (C=O) groups is 1. The van der Waals surface area contributed by atoms with Gasteiger partial charge in [0.2, 0.25) is 10.0 Å². The SMILES string of the molecule is O=C(COc1ccccc1[N+](=O)[O-])N1CCC(NS(=O)(=O)c2cccs2)CC1. The van der Waals surface area contributed by atoms with E-state index in [4.69, 9.17) is 4.74 Å². The lowest BCUT2D eigenvalue weighted by Crippen LogP contribution is -2.47. The van der Waals surface area contributed by atoms with Crippen molar-refractivity contribution < 1.29 is 22.9 Å². The molecule has 0 aliphatic carbocycles. The lowest BCUT2D eigenvalue weighted by atomic mass is 10.1. The second-order valence-electron chi connectivity index (χ2n) is 6.22. The molecule has 0 radical (unpaired) electrons. The zero-order valence-corrected chi connectivity index (χ0v) is 16.4. The van der Waals surface area contributed by atoms with Crippen molar-refractivity contribution >= 4 is 33.0 Å². The van der Waals surface area contributed by atoms with Crippen LogP contribution >= 0.6 is 11.3 Å². The highest BCUT2D eigenvalue weighted by Gasteiger charge is 2.27. The van der Waals surface area contributed by atoms with Crippen molar-refractivity contribution in [3.63, 3.8) is 0 Å². The Balaban J connectivity index is 1.50. The van der Waals surface area contributed by atoms with E-state index < -0.39 is 14.9 Å². The van der Waals surface area contributed by atoms with Crippen LogP contribution in [0.3, 0.4) is 0 Å². The number of carbonyl (C=O) groups excluding carboxylic acids is 1. The van der Waals surface area contributed by atoms with E-state index >= 15 is 0 Å². The smallest absolute Gasteiger partial charge is 0.310 e. The molecular weight excluding hydrogens is 406 g/mol. The van der Waals surface area contributed by atoms with E-state index in [1.165, 1.54) is 18.2 Å². The molecule has 150 valence electrons. The van der Waals surface area contributed by atoms with Crippen LogP contribution in [0.15, 0.2) is 46.0 Å². The van der Waals surface area contributed by atoms with Gasteiger partial charge < -0.3 is 9.64 Å². The van der Waals surface area contributed by atoms with Crippen LogP contribution in [-0.2, 0) is 14.8 Å². The summed E-state index contributed by atoms with van der Waals surface area (Å²) in [5.74, 6) is -0.253. The molecule has 0 bridgehead atoms. The highest BCUT2D eigenvalue weighted by molar-refractivity contribution is 7.91. The van der Waals surface area contributed by atoms with E-state index in [0.29, 0.717) is 25.9 Å². The molecular formula is C17H19N3O6S2. The summed E-state index contributed by atoms with van der Waals surface area (Å²) in [5, 5.41) is 12.7. The Bertz CT molecular complexity index is 938. The molecule has 3 rings (SSSR count). The van der Waals surface area contributed by atoms with Crippen LogP contribution in [0.1, 0.15) is 12.8 Å². The molecule has 11 heteroatoms. The number of piperidine rings is 1. The van der Waals surface area contributed by atoms with Crippen molar-refractivity contribution in [3.8, 4) is 5.75 Å². The van der Waals surface area contributed by atoms with Gasteiger partial charge in [0.05, 0.1) is 4.92 Å². The molecule has 1 aliphatic rings. The molecule has 1 aromatic heterocycles. The van der Waals surface area contributed by atoms with Gasteiger partial charge in [0, 0.05) is 25.2 Å². The molecule has 1 saturated heterocycles. The highest BCUT2D eigenvalue weighted by atomic mass is 32.2. The van der Waals surface area contributed by atoms with Crippen molar-refractivity contribution in [2.75, 3.05) is 19.7 Å². The summed E-state index contributed by atoms with van der Waals surface area (Å²) in [5.41, 5.74) is -0.197. The van der Waals surface area contributed by atoms with Crippen LogP contribution in [-0.4, -0.2) is 49.9 Å². The Labute approximate surface area is 166 Å². The molecule has 1 N–H and O–H groups in total. The molecule has 1 aliphatic heterocycles. The van der Waals surface area contributed by atoms with Gasteiger partial charge in [-0.2, -0.15) is 0 Å². The van der Waals surface area contributed by atoms with E-state index in [9.17, 15) is 23.3 Å². The number of nitrogens with one attached hydrogen (secondary N) is 1. The summed E-state index contributed by atoms with van der Waals surface area (Å²) in [6, 6.07) is 8.85. The van der Waals surface area contributed by atoms with Gasteiger partial charge in [-0.1, -0.05) is 18.2 Å². The third kappa shape index (κ3) is 4.86. The molecule has 0 spiro atoms. The Morgan fingerprint density at radius 1 is 1.25 bits per heavy atom. The Hall–Kier alpha value is -2.50. The van der Waals surface area contributed by atoms with E-state index in [2.05, 4.69) is 4.72 Å². The average molecular weight is 425 g/mol. The van der Waals surface area contributed by atoms with E-state index in [1.807, 2.05) is 0 Å². The number of likely N-dealkylation sites (tertiary alicyclic amines) is 1. The van der Waals surface area contributed by atoms with E-state index in [-0.39, 0.29) is 34.2 Å². The first kappa shape index (κ1) is 20.2. The summed E-state index contributed by atoms with van der Waals surface area (Å²) in [6.07, 6.45) is 0.976. The number of nitro benzene ring substituents is 1. The van der Waals surface area contributed by atoms with E-state index in [0.717, 1.165) is 11.3 Å². The van der Waals surface area contributed by atoms with Gasteiger partial charge in [0.1, 0.15) is 4.21 Å². The first-order chi connectivity index (χ1) is 13.4. The minimum atomic E-state index is -3.54. The lowest BCUT2D eigenvalue weighted by Gasteiger charge is -2.32. The standard InChI is InChI=1S/C17H19N3O6S2/c21-16(12-26-15-5-2-1-4-14(15)20(22)23)19-9-7-13(8-10-19)18-28(24,25)17-6-3-11-27-17/h1-6,11,13,18H,7-10,12H2. The van der Waals surface area contributed by atoms with Crippen LogP contribution in [0.25, 0.3) is 0 Å². The zero-order chi connectivity index (χ0) is 20.1. The number of nitro groups is 1. The zero-order valence-electron chi connectivity index (χ0n) is 14.8. The number of hydrogen-bond acceptors (Lipinski definition) is 7. The number of para-hydroxylation sites is 2. The third-order valence-corrected chi connectivity index (χ3v) is 7.26. The molecule has 2 aromatic rings. The number of amides is 1. The maximum absolute atomic E-state index is 12.3. The lowest BCUT2D eigenvalue weighted by molar-refractivity contribution is -0.385. The maximum atomic E-state index is 12.3. The molecule has 1 amide bonds. The van der Waals surface area contributed by atoms with Crippen LogP contribution in [0.2, 0.25) is 0 Å². The predicted octanol–water partition coefficient (Wildman–Crippen LogP) is 2.00. The summed E-state index contributed by atoms with van der Waals surface area (Å²) in [4.78, 5) is 24.3. The fraction of sp³-hybridized carbons (Fsp3) is 0.353. The molecule has 0 atom stereocenters. The Morgan fingerprint density at radius 3 is 2.61 bits per heavy atom. The fourth-order valence-corrected chi connectivity index (χ4v) is 5.22. The monoisotopic (exact) mass is 425 g/mol. The second kappa shape index (κ2) is 8.67. The topological polar surface area (TPSA) is 119 Å². The van der Waals surface area contributed by atoms with E-state index in [1.54, 1.807) is 28.5 Å². The first-order valence-corrected chi connectivity index (χ1v) is 10.9. The summed E-state index contributed by atoms with van der Waals surface area (Å²) in [6.45, 7) is 0.462. The molecule has 1 fully saturated rings. The summed E-state index contributed by atoms with van der Waals surface area (Å²) < 4.78 is 32.8. The van der Waals surface area contributed by atoms with Crippen molar-refractivity contribution in [3.05, 3.63) is 51.9 Å². The van der Waals surface area contributed by atoms with Crippen molar-refractivity contribution in [2.45, 2.75) is 23.1 Å². The molecule has 9 nitrogen and oxygen atoms in total. The largest absolute Gasteiger partial charge is 0.477 e. The van der Waals surface area contributed by atoms with Gasteiger partial charge >= 0.3 is 5.69 Å². The number of sulfonamides is 1. The van der Waals surface area contributed by atoms with Gasteiger partial charge in [-0.25, -0.2) is 13.1 Å². The van der Waals surface area contributed by atoms with Gasteiger partial charge in [-0.3, -0.25) is 14.9 Å². The average Bonchev–Trinajstić information content (AvgIpc) is 3.22. The Morgan fingerprint density at radius 2 is 1.96 bits per heavy atom. The number of hydrogen-bond donors (Lipinski definition) is 1. The molecule has 0 unspecified atom stereocenters. The van der Waals surface area contributed by atoms with Gasteiger partial charge in [0.25, 0.3) is 5.91 Å². The second-order valence-corrected chi connectivity index (χ2v) is 9.11. The number of nitrogens with zero attached hydrogens (tertiary/aromatic N) is 2. The number of thiophene rings is 1. The highest BCUT2D eigenvalue weighted by Crippen LogP contribution is 2.26. The predicted molar refractivity (Wildman–Crippen MR) is 103 cm³/mol. The maximum Gasteiger partial charge on any atom is 0.310 e. The van der Waals surface area contributed by atoms with Gasteiger partial charge in [-0.15, -0.1) is 11.3 Å². The molecule has 2 heterocycles. The van der Waals surface area contributed by atoms with Crippen LogP contribution in [0.4, 0.5) is 5.69 Å². The molecule has 0 saturated carbocycles. The molecule has 28 heavy (non-hydrogen) atoms. The summed E-state index contributed by atoms with van der Waals surface area (Å²) >= 11 is 1.15. The van der Waals surface area contributed by atoms with Gasteiger partial charge in [-0.05, 0) is 30.4 Å². The quantitative estimate of drug-likeness (QED) is 0.535.